The molecule has 5 heteroatoms. The second-order valence-electron chi connectivity index (χ2n) is 6.34. The van der Waals surface area contributed by atoms with Gasteiger partial charge >= 0.3 is 0 Å². The number of aromatic nitrogens is 1. The normalized spacial score (nSPS) is 20.3. The average Bonchev–Trinajstić information content (AvgIpc) is 2.82. The van der Waals surface area contributed by atoms with E-state index in [-0.39, 0.29) is 17.0 Å². The minimum atomic E-state index is -0.440. The highest BCUT2D eigenvalue weighted by Crippen LogP contribution is 2.44. The summed E-state index contributed by atoms with van der Waals surface area (Å²) < 4.78 is 27.3. The number of hydrogen-bond acceptors (Lipinski definition) is 3. The van der Waals surface area contributed by atoms with Crippen LogP contribution in [0.15, 0.2) is 18.2 Å². The van der Waals surface area contributed by atoms with Crippen LogP contribution in [0.25, 0.3) is 10.6 Å². The summed E-state index contributed by atoms with van der Waals surface area (Å²) in [6, 6.07) is 3.74. The Bertz CT molecular complexity index is 679. The first-order chi connectivity index (χ1) is 9.89. The quantitative estimate of drug-likeness (QED) is 0.893. The van der Waals surface area contributed by atoms with E-state index in [0.717, 1.165) is 35.5 Å². The van der Waals surface area contributed by atoms with Crippen molar-refractivity contribution in [1.82, 2.24) is 10.3 Å². The van der Waals surface area contributed by atoms with Gasteiger partial charge in [0.25, 0.3) is 0 Å². The fourth-order valence-electron chi connectivity index (χ4n) is 2.94. The first-order valence-electron chi connectivity index (χ1n) is 7.02. The van der Waals surface area contributed by atoms with E-state index in [1.54, 1.807) is 0 Å². The van der Waals surface area contributed by atoms with Crippen molar-refractivity contribution in [3.8, 4) is 10.6 Å². The lowest BCUT2D eigenvalue weighted by atomic mass is 9.76. The van der Waals surface area contributed by atoms with Crippen molar-refractivity contribution in [2.75, 3.05) is 7.05 Å². The van der Waals surface area contributed by atoms with Crippen molar-refractivity contribution >= 4 is 11.3 Å². The molecule has 1 aromatic heterocycles. The van der Waals surface area contributed by atoms with E-state index in [4.69, 9.17) is 0 Å². The number of rotatable bonds is 2. The average molecular weight is 308 g/mol. The Morgan fingerprint density at radius 3 is 2.81 bits per heavy atom. The smallest absolute Gasteiger partial charge is 0.133 e. The van der Waals surface area contributed by atoms with Gasteiger partial charge in [-0.2, -0.15) is 0 Å². The number of thiazole rings is 1. The Morgan fingerprint density at radius 2 is 2.10 bits per heavy atom. The predicted octanol–water partition coefficient (Wildman–Crippen LogP) is 4.32. The van der Waals surface area contributed by atoms with E-state index in [1.165, 1.54) is 17.4 Å². The third-order valence-corrected chi connectivity index (χ3v) is 5.20. The van der Waals surface area contributed by atoms with Gasteiger partial charge < -0.3 is 5.32 Å². The van der Waals surface area contributed by atoms with Crippen molar-refractivity contribution in [3.63, 3.8) is 0 Å². The van der Waals surface area contributed by atoms with Crippen LogP contribution >= 0.6 is 11.3 Å². The number of fused-ring (bicyclic) bond motifs is 1. The van der Waals surface area contributed by atoms with E-state index >= 15 is 0 Å². The van der Waals surface area contributed by atoms with Crippen LogP contribution in [0.3, 0.4) is 0 Å². The third-order valence-electron chi connectivity index (χ3n) is 3.95. The standard InChI is InChI=1S/C16H18F2N2S/c1-16(2)7-12(19-3)14-13(8-16)20-15(21-14)10-6-9(17)4-5-11(10)18/h4-6,12,19H,7-8H2,1-3H3. The SMILES string of the molecule is CNC1CC(C)(C)Cc2nc(-c3cc(F)ccc3F)sc21. The Hall–Kier alpha value is -1.33. The molecule has 112 valence electrons. The minimum Gasteiger partial charge on any atom is -0.312 e. The molecule has 1 aliphatic carbocycles. The number of nitrogens with zero attached hydrogens (tertiary/aromatic N) is 1. The Balaban J connectivity index is 2.08. The van der Waals surface area contributed by atoms with Crippen LogP contribution in [-0.4, -0.2) is 12.0 Å². The molecule has 1 unspecified atom stereocenters. The van der Waals surface area contributed by atoms with Crippen LogP contribution in [0.2, 0.25) is 0 Å². The molecule has 2 nitrogen and oxygen atoms in total. The number of nitrogens with one attached hydrogen (secondary N) is 1. The molecule has 0 bridgehead atoms. The van der Waals surface area contributed by atoms with Gasteiger partial charge in [-0.25, -0.2) is 13.8 Å². The van der Waals surface area contributed by atoms with Crippen molar-refractivity contribution in [2.45, 2.75) is 32.7 Å². The summed E-state index contributed by atoms with van der Waals surface area (Å²) in [4.78, 5) is 5.74. The third kappa shape index (κ3) is 2.72. The lowest BCUT2D eigenvalue weighted by Gasteiger charge is -2.34. The van der Waals surface area contributed by atoms with Gasteiger partial charge in [-0.3, -0.25) is 0 Å². The lowest BCUT2D eigenvalue weighted by Crippen LogP contribution is -2.30. The molecule has 0 radical (unpaired) electrons. The van der Waals surface area contributed by atoms with Gasteiger partial charge in [0.15, 0.2) is 0 Å². The van der Waals surface area contributed by atoms with Crippen LogP contribution in [0, 0.1) is 17.0 Å². The summed E-state index contributed by atoms with van der Waals surface area (Å²) in [5.41, 5.74) is 1.42. The summed E-state index contributed by atoms with van der Waals surface area (Å²) in [5, 5.41) is 3.87. The van der Waals surface area contributed by atoms with Gasteiger partial charge in [0.1, 0.15) is 16.6 Å². The van der Waals surface area contributed by atoms with Crippen molar-refractivity contribution < 1.29 is 8.78 Å². The molecule has 1 aliphatic rings. The zero-order valence-corrected chi connectivity index (χ0v) is 13.2. The van der Waals surface area contributed by atoms with Gasteiger partial charge in [0, 0.05) is 16.5 Å². The maximum atomic E-state index is 13.9. The van der Waals surface area contributed by atoms with E-state index in [1.807, 2.05) is 7.05 Å². The number of benzene rings is 1. The summed E-state index contributed by atoms with van der Waals surface area (Å²) in [7, 11) is 1.93. The summed E-state index contributed by atoms with van der Waals surface area (Å²) in [6.45, 7) is 4.42. The first-order valence-corrected chi connectivity index (χ1v) is 7.83. The van der Waals surface area contributed by atoms with E-state index in [0.29, 0.717) is 5.01 Å². The Kier molecular flexibility index (Phi) is 3.58. The maximum absolute atomic E-state index is 13.9. The number of halogens is 2. The number of hydrogen-bond donors (Lipinski definition) is 1. The molecule has 0 spiro atoms. The van der Waals surface area contributed by atoms with E-state index in [2.05, 4.69) is 24.1 Å². The fraction of sp³-hybridized carbons (Fsp3) is 0.438. The van der Waals surface area contributed by atoms with Crippen molar-refractivity contribution in [2.24, 2.45) is 5.41 Å². The molecule has 21 heavy (non-hydrogen) atoms. The van der Waals surface area contributed by atoms with Crippen molar-refractivity contribution in [1.29, 1.82) is 0 Å². The molecule has 2 aromatic rings. The first kappa shape index (κ1) is 14.6. The topological polar surface area (TPSA) is 24.9 Å². The van der Waals surface area contributed by atoms with Crippen LogP contribution in [0.4, 0.5) is 8.78 Å². The molecule has 0 amide bonds. The molecule has 3 rings (SSSR count). The fourth-order valence-corrected chi connectivity index (χ4v) is 4.15. The Labute approximate surface area is 127 Å². The van der Waals surface area contributed by atoms with Crippen LogP contribution < -0.4 is 5.32 Å². The molecule has 0 saturated carbocycles. The molecule has 0 aliphatic heterocycles. The van der Waals surface area contributed by atoms with Gasteiger partial charge in [0.2, 0.25) is 0 Å². The summed E-state index contributed by atoms with van der Waals surface area (Å²) >= 11 is 1.46. The van der Waals surface area contributed by atoms with Gasteiger partial charge in [-0.1, -0.05) is 13.8 Å². The molecule has 1 aromatic carbocycles. The highest BCUT2D eigenvalue weighted by atomic mass is 32.1. The van der Waals surface area contributed by atoms with E-state index < -0.39 is 11.6 Å². The maximum Gasteiger partial charge on any atom is 0.133 e. The molecule has 1 heterocycles. The molecule has 1 atom stereocenters. The summed E-state index contributed by atoms with van der Waals surface area (Å²) in [6.07, 6.45) is 1.89. The summed E-state index contributed by atoms with van der Waals surface area (Å²) in [5.74, 6) is -0.868. The van der Waals surface area contributed by atoms with Crippen LogP contribution in [0.1, 0.15) is 36.9 Å². The zero-order valence-electron chi connectivity index (χ0n) is 12.3. The molecular formula is C16H18F2N2S. The van der Waals surface area contributed by atoms with Crippen LogP contribution in [-0.2, 0) is 6.42 Å². The Morgan fingerprint density at radius 1 is 1.33 bits per heavy atom. The van der Waals surface area contributed by atoms with Gasteiger partial charge in [-0.05, 0) is 43.5 Å². The second-order valence-corrected chi connectivity index (χ2v) is 7.37. The highest BCUT2D eigenvalue weighted by Gasteiger charge is 2.34. The van der Waals surface area contributed by atoms with Gasteiger partial charge in [0.05, 0.1) is 5.69 Å². The van der Waals surface area contributed by atoms with Gasteiger partial charge in [-0.15, -0.1) is 11.3 Å². The zero-order chi connectivity index (χ0) is 15.2. The second kappa shape index (κ2) is 5.14. The lowest BCUT2D eigenvalue weighted by molar-refractivity contribution is 0.265. The highest BCUT2D eigenvalue weighted by molar-refractivity contribution is 7.15. The van der Waals surface area contributed by atoms with Crippen LogP contribution in [0.5, 0.6) is 0 Å². The van der Waals surface area contributed by atoms with Crippen molar-refractivity contribution in [3.05, 3.63) is 40.4 Å². The molecule has 1 N–H and O–H groups in total. The van der Waals surface area contributed by atoms with E-state index in [9.17, 15) is 8.78 Å². The minimum absolute atomic E-state index is 0.159. The molecule has 0 saturated heterocycles. The monoisotopic (exact) mass is 308 g/mol. The predicted molar refractivity (Wildman–Crippen MR) is 81.4 cm³/mol. The molecule has 0 fully saturated rings. The molecular weight excluding hydrogens is 290 g/mol. The largest absolute Gasteiger partial charge is 0.312 e.